The molecule has 0 aliphatic carbocycles. The van der Waals surface area contributed by atoms with Gasteiger partial charge in [0.1, 0.15) is 6.33 Å². The molecule has 0 aliphatic heterocycles. The summed E-state index contributed by atoms with van der Waals surface area (Å²) < 4.78 is 0. The van der Waals surface area contributed by atoms with Crippen LogP contribution in [0.3, 0.4) is 0 Å². The lowest BCUT2D eigenvalue weighted by Gasteiger charge is -2.12. The van der Waals surface area contributed by atoms with Gasteiger partial charge in [0, 0.05) is 16.3 Å². The fraction of sp³-hybridized carbons (Fsp3) is 0.150. The first-order valence-corrected chi connectivity index (χ1v) is 9.41. The number of rotatable bonds is 7. The second-order valence-electron chi connectivity index (χ2n) is 6.66. The summed E-state index contributed by atoms with van der Waals surface area (Å²) in [6.07, 6.45) is 1.16. The van der Waals surface area contributed by atoms with Gasteiger partial charge in [0.05, 0.1) is 4.92 Å². The summed E-state index contributed by atoms with van der Waals surface area (Å²) in [6, 6.07) is 13.7. The van der Waals surface area contributed by atoms with Crippen molar-refractivity contribution in [1.82, 2.24) is 15.4 Å². The van der Waals surface area contributed by atoms with Crippen molar-refractivity contribution >= 4 is 40.5 Å². The van der Waals surface area contributed by atoms with Gasteiger partial charge in [0.25, 0.3) is 5.91 Å². The Kier molecular flexibility index (Phi) is 6.43. The minimum atomic E-state index is -0.623. The maximum atomic E-state index is 12.2. The van der Waals surface area contributed by atoms with E-state index in [1.165, 1.54) is 12.1 Å². The van der Waals surface area contributed by atoms with E-state index in [4.69, 9.17) is 11.6 Å². The number of carbonyl (C=O) groups excluding carboxylic acids is 1. The van der Waals surface area contributed by atoms with Gasteiger partial charge in [0.2, 0.25) is 11.6 Å². The Labute approximate surface area is 177 Å². The molecule has 3 N–H and O–H groups in total. The monoisotopic (exact) mass is 426 g/mol. The summed E-state index contributed by atoms with van der Waals surface area (Å²) in [7, 11) is 0. The van der Waals surface area contributed by atoms with Crippen LogP contribution in [0.25, 0.3) is 0 Å². The average molecular weight is 427 g/mol. The van der Waals surface area contributed by atoms with E-state index in [1.807, 2.05) is 24.3 Å². The van der Waals surface area contributed by atoms with Crippen LogP contribution in [0.1, 0.15) is 35.7 Å². The minimum absolute atomic E-state index is 0.00413. The second kappa shape index (κ2) is 9.19. The molecule has 0 unspecified atom stereocenters. The fourth-order valence-electron chi connectivity index (χ4n) is 2.61. The normalized spacial score (nSPS) is 10.5. The van der Waals surface area contributed by atoms with Crippen LogP contribution in [-0.2, 0) is 0 Å². The van der Waals surface area contributed by atoms with Crippen molar-refractivity contribution < 1.29 is 9.72 Å². The third-order valence-electron chi connectivity index (χ3n) is 4.25. The summed E-state index contributed by atoms with van der Waals surface area (Å²) in [4.78, 5) is 31.1. The molecule has 10 heteroatoms. The van der Waals surface area contributed by atoms with Crippen molar-refractivity contribution in [3.05, 3.63) is 81.1 Å². The van der Waals surface area contributed by atoms with Gasteiger partial charge in [-0.2, -0.15) is 0 Å². The van der Waals surface area contributed by atoms with E-state index in [1.54, 1.807) is 12.1 Å². The molecule has 0 saturated heterocycles. The number of hydrogen-bond donors (Lipinski definition) is 3. The number of nitrogens with zero attached hydrogens (tertiary/aromatic N) is 3. The van der Waals surface area contributed by atoms with Crippen LogP contribution < -0.4 is 16.2 Å². The van der Waals surface area contributed by atoms with E-state index in [9.17, 15) is 14.9 Å². The van der Waals surface area contributed by atoms with Crippen molar-refractivity contribution in [2.24, 2.45) is 0 Å². The molecule has 0 spiro atoms. The van der Waals surface area contributed by atoms with E-state index < -0.39 is 16.5 Å². The van der Waals surface area contributed by atoms with Crippen molar-refractivity contribution in [2.75, 3.05) is 10.7 Å². The number of hydrazine groups is 1. The van der Waals surface area contributed by atoms with Gasteiger partial charge in [-0.15, -0.1) is 0 Å². The van der Waals surface area contributed by atoms with Crippen molar-refractivity contribution in [3.8, 4) is 0 Å². The summed E-state index contributed by atoms with van der Waals surface area (Å²) in [5.74, 6) is -0.292. The van der Waals surface area contributed by atoms with Crippen LogP contribution >= 0.6 is 11.6 Å². The zero-order chi connectivity index (χ0) is 21.7. The predicted molar refractivity (Wildman–Crippen MR) is 115 cm³/mol. The zero-order valence-corrected chi connectivity index (χ0v) is 17.0. The quantitative estimate of drug-likeness (QED) is 0.371. The van der Waals surface area contributed by atoms with Gasteiger partial charge in [-0.3, -0.25) is 25.8 Å². The first-order chi connectivity index (χ1) is 14.3. The minimum Gasteiger partial charge on any atom is -0.334 e. The summed E-state index contributed by atoms with van der Waals surface area (Å²) >= 11 is 5.81. The van der Waals surface area contributed by atoms with E-state index >= 15 is 0 Å². The molecule has 3 rings (SSSR count). The number of hydrogen-bond acceptors (Lipinski definition) is 7. The number of carbonyl (C=O) groups is 1. The first-order valence-electron chi connectivity index (χ1n) is 9.03. The number of aromatic nitrogens is 2. The molecule has 1 aromatic heterocycles. The molecule has 0 fully saturated rings. The maximum Gasteiger partial charge on any atom is 0.355 e. The molecule has 0 bridgehead atoms. The highest BCUT2D eigenvalue weighted by atomic mass is 35.5. The number of anilines is 3. The Hall–Kier alpha value is -3.72. The number of nitrogens with one attached hydrogen (secondary N) is 3. The standard InChI is InChI=1S/C20H19ClN6O3/c1-12(2)13-5-9-16(10-6-13)24-18-17(27(29)30)19(23-11-22-18)25-26-20(28)14-3-7-15(21)8-4-14/h3-12H,1-2H3,(H,26,28)(H2,22,23,24,25). The lowest BCUT2D eigenvalue weighted by Crippen LogP contribution is -2.30. The molecule has 2 aromatic carbocycles. The number of benzene rings is 2. The highest BCUT2D eigenvalue weighted by Gasteiger charge is 2.23. The first kappa shape index (κ1) is 21.0. The topological polar surface area (TPSA) is 122 Å². The molecular formula is C20H19ClN6O3. The van der Waals surface area contributed by atoms with Crippen molar-refractivity contribution in [1.29, 1.82) is 0 Å². The molecule has 1 heterocycles. The largest absolute Gasteiger partial charge is 0.355 e. The van der Waals surface area contributed by atoms with Gasteiger partial charge < -0.3 is 5.32 Å². The lowest BCUT2D eigenvalue weighted by atomic mass is 10.0. The number of amides is 1. The Balaban J connectivity index is 1.79. The summed E-state index contributed by atoms with van der Waals surface area (Å²) in [5.41, 5.74) is 6.58. The van der Waals surface area contributed by atoms with Gasteiger partial charge in [0.15, 0.2) is 0 Å². The maximum absolute atomic E-state index is 12.2. The smallest absolute Gasteiger partial charge is 0.334 e. The molecule has 154 valence electrons. The Morgan fingerprint density at radius 1 is 1.03 bits per heavy atom. The molecule has 9 nitrogen and oxygen atoms in total. The summed E-state index contributed by atoms with van der Waals surface area (Å²) in [5, 5.41) is 15.1. The lowest BCUT2D eigenvalue weighted by molar-refractivity contribution is -0.383. The molecule has 0 radical (unpaired) electrons. The van der Waals surface area contributed by atoms with Gasteiger partial charge in [-0.25, -0.2) is 9.97 Å². The fourth-order valence-corrected chi connectivity index (χ4v) is 2.74. The summed E-state index contributed by atoms with van der Waals surface area (Å²) in [6.45, 7) is 4.15. The Morgan fingerprint density at radius 3 is 2.27 bits per heavy atom. The Bertz CT molecular complexity index is 1060. The van der Waals surface area contributed by atoms with E-state index in [0.29, 0.717) is 22.2 Å². The molecular weight excluding hydrogens is 408 g/mol. The number of halogens is 1. The van der Waals surface area contributed by atoms with E-state index in [-0.39, 0.29) is 11.6 Å². The van der Waals surface area contributed by atoms with Crippen molar-refractivity contribution in [3.63, 3.8) is 0 Å². The van der Waals surface area contributed by atoms with Crippen LogP contribution in [0.5, 0.6) is 0 Å². The highest BCUT2D eigenvalue weighted by Crippen LogP contribution is 2.31. The van der Waals surface area contributed by atoms with Crippen LogP contribution in [0.4, 0.5) is 23.0 Å². The van der Waals surface area contributed by atoms with Crippen molar-refractivity contribution in [2.45, 2.75) is 19.8 Å². The van der Waals surface area contributed by atoms with Gasteiger partial charge in [-0.1, -0.05) is 37.6 Å². The molecule has 30 heavy (non-hydrogen) atoms. The third kappa shape index (κ3) is 5.00. The third-order valence-corrected chi connectivity index (χ3v) is 4.50. The second-order valence-corrected chi connectivity index (χ2v) is 7.10. The SMILES string of the molecule is CC(C)c1ccc(Nc2ncnc(NNC(=O)c3ccc(Cl)cc3)c2[N+](=O)[O-])cc1. The van der Waals surface area contributed by atoms with E-state index in [2.05, 4.69) is 40.0 Å². The van der Waals surface area contributed by atoms with Gasteiger partial charge in [-0.05, 0) is 47.9 Å². The molecule has 0 saturated carbocycles. The van der Waals surface area contributed by atoms with Crippen LogP contribution in [0, 0.1) is 10.1 Å². The van der Waals surface area contributed by atoms with Crippen LogP contribution in [-0.4, -0.2) is 20.8 Å². The Morgan fingerprint density at radius 2 is 1.67 bits per heavy atom. The number of nitro groups is 1. The van der Waals surface area contributed by atoms with Gasteiger partial charge >= 0.3 is 5.69 Å². The molecule has 3 aromatic rings. The highest BCUT2D eigenvalue weighted by molar-refractivity contribution is 6.30. The molecule has 1 amide bonds. The average Bonchev–Trinajstić information content (AvgIpc) is 2.72. The molecule has 0 aliphatic rings. The zero-order valence-electron chi connectivity index (χ0n) is 16.2. The molecule has 0 atom stereocenters. The van der Waals surface area contributed by atoms with Crippen LogP contribution in [0.15, 0.2) is 54.9 Å². The predicted octanol–water partition coefficient (Wildman–Crippen LogP) is 4.66. The van der Waals surface area contributed by atoms with Crippen LogP contribution in [0.2, 0.25) is 5.02 Å². The van der Waals surface area contributed by atoms with E-state index in [0.717, 1.165) is 11.9 Å².